The number of benzene rings is 1. The highest BCUT2D eigenvalue weighted by Crippen LogP contribution is 2.31. The van der Waals surface area contributed by atoms with Crippen LogP contribution in [-0.4, -0.2) is 18.7 Å². The van der Waals surface area contributed by atoms with Crippen molar-refractivity contribution in [2.75, 3.05) is 6.61 Å². The Morgan fingerprint density at radius 2 is 1.71 bits per heavy atom. The highest BCUT2D eigenvalue weighted by atomic mass is 16.5. The van der Waals surface area contributed by atoms with Crippen LogP contribution in [0.3, 0.4) is 0 Å². The van der Waals surface area contributed by atoms with Gasteiger partial charge in [0.2, 0.25) is 0 Å². The first-order valence-electron chi connectivity index (χ1n) is 8.69. The number of hydrogen-bond donors (Lipinski definition) is 0. The van der Waals surface area contributed by atoms with Gasteiger partial charge in [0.05, 0.1) is 18.8 Å². The van der Waals surface area contributed by atoms with E-state index in [0.29, 0.717) is 12.5 Å². The molecule has 0 amide bonds. The van der Waals surface area contributed by atoms with Crippen LogP contribution >= 0.6 is 0 Å². The Morgan fingerprint density at radius 1 is 1.12 bits per heavy atom. The lowest BCUT2D eigenvalue weighted by Gasteiger charge is -2.36. The zero-order chi connectivity index (χ0) is 18.3. The zero-order valence-electron chi connectivity index (χ0n) is 16.1. The molecule has 134 valence electrons. The van der Waals surface area contributed by atoms with Crippen LogP contribution in [0.5, 0.6) is 0 Å². The van der Waals surface area contributed by atoms with Crippen molar-refractivity contribution in [2.45, 2.75) is 54.6 Å². The van der Waals surface area contributed by atoms with Crippen LogP contribution in [0.25, 0.3) is 5.57 Å². The maximum atomic E-state index is 11.8. The summed E-state index contributed by atoms with van der Waals surface area (Å²) in [5.41, 5.74) is 1.95. The van der Waals surface area contributed by atoms with Crippen molar-refractivity contribution in [1.29, 1.82) is 0 Å². The molecule has 0 aliphatic rings. The van der Waals surface area contributed by atoms with E-state index in [1.165, 1.54) is 0 Å². The maximum Gasteiger partial charge on any atom is 0.308 e. The molecule has 1 unspecified atom stereocenters. The van der Waals surface area contributed by atoms with Gasteiger partial charge in [-0.15, -0.1) is 0 Å². The molecule has 3 heteroatoms. The fraction of sp³-hybridized carbons (Fsp3) is 0.571. The van der Waals surface area contributed by atoms with Crippen LogP contribution in [0.2, 0.25) is 0 Å². The minimum Gasteiger partial charge on any atom is -0.497 e. The molecule has 1 aromatic rings. The van der Waals surface area contributed by atoms with Gasteiger partial charge in [0.15, 0.2) is 0 Å². The second kappa shape index (κ2) is 8.91. The molecule has 0 fully saturated rings. The number of carbonyl (C=O) groups is 1. The Bertz CT molecular complexity index is 541. The largest absolute Gasteiger partial charge is 0.497 e. The predicted molar refractivity (Wildman–Crippen MR) is 99.4 cm³/mol. The molecule has 0 aliphatic heterocycles. The molecule has 0 bridgehead atoms. The highest BCUT2D eigenvalue weighted by molar-refractivity contribution is 5.71. The molecule has 1 atom stereocenters. The molecular formula is C21H32O3. The summed E-state index contributed by atoms with van der Waals surface area (Å²) >= 11 is 0. The summed E-state index contributed by atoms with van der Waals surface area (Å²) < 4.78 is 11.6. The molecule has 0 saturated carbocycles. The summed E-state index contributed by atoms with van der Waals surface area (Å²) in [6.07, 6.45) is 1.78. The first-order valence-corrected chi connectivity index (χ1v) is 8.69. The Labute approximate surface area is 147 Å². The molecule has 0 saturated heterocycles. The Balaban J connectivity index is 2.80. The third-order valence-electron chi connectivity index (χ3n) is 4.05. The molecule has 1 aromatic carbocycles. The van der Waals surface area contributed by atoms with Crippen LogP contribution in [0.1, 0.15) is 54.0 Å². The van der Waals surface area contributed by atoms with Crippen molar-refractivity contribution < 1.29 is 14.3 Å². The SMILES string of the molecule is CC(=COC(C(C)C)C(C)(C)COC(=O)C(C)C)c1ccccc1. The summed E-state index contributed by atoms with van der Waals surface area (Å²) in [4.78, 5) is 11.8. The summed E-state index contributed by atoms with van der Waals surface area (Å²) in [5, 5.41) is 0. The topological polar surface area (TPSA) is 35.5 Å². The van der Waals surface area contributed by atoms with Crippen LogP contribution < -0.4 is 0 Å². The van der Waals surface area contributed by atoms with Crippen molar-refractivity contribution in [3.63, 3.8) is 0 Å². The molecule has 0 aromatic heterocycles. The zero-order valence-corrected chi connectivity index (χ0v) is 16.1. The lowest BCUT2D eigenvalue weighted by atomic mass is 9.81. The Kier molecular flexibility index (Phi) is 7.53. The summed E-state index contributed by atoms with van der Waals surface area (Å²) in [6, 6.07) is 10.2. The lowest BCUT2D eigenvalue weighted by molar-refractivity contribution is -0.154. The second-order valence-electron chi connectivity index (χ2n) is 7.72. The average Bonchev–Trinajstić information content (AvgIpc) is 2.52. The number of hydrogen-bond acceptors (Lipinski definition) is 3. The molecule has 0 heterocycles. The van der Waals surface area contributed by atoms with E-state index < -0.39 is 0 Å². The van der Waals surface area contributed by atoms with Gasteiger partial charge < -0.3 is 9.47 Å². The number of carbonyl (C=O) groups excluding carboxylic acids is 1. The van der Waals surface area contributed by atoms with Gasteiger partial charge in [-0.05, 0) is 24.0 Å². The van der Waals surface area contributed by atoms with Gasteiger partial charge in [-0.1, -0.05) is 71.9 Å². The van der Waals surface area contributed by atoms with Crippen molar-refractivity contribution in [3.8, 4) is 0 Å². The monoisotopic (exact) mass is 332 g/mol. The quantitative estimate of drug-likeness (QED) is 0.478. The van der Waals surface area contributed by atoms with Crippen LogP contribution in [-0.2, 0) is 14.3 Å². The van der Waals surface area contributed by atoms with E-state index >= 15 is 0 Å². The average molecular weight is 332 g/mol. The minimum atomic E-state index is -0.272. The van der Waals surface area contributed by atoms with Gasteiger partial charge in [0.25, 0.3) is 0 Å². The maximum absolute atomic E-state index is 11.8. The summed E-state index contributed by atoms with van der Waals surface area (Å²) in [6.45, 7) is 14.5. The minimum absolute atomic E-state index is 0.0453. The molecule has 0 N–H and O–H groups in total. The van der Waals surface area contributed by atoms with Crippen LogP contribution in [0, 0.1) is 17.3 Å². The van der Waals surface area contributed by atoms with E-state index in [1.807, 2.05) is 45.2 Å². The fourth-order valence-corrected chi connectivity index (χ4v) is 2.69. The van der Waals surface area contributed by atoms with Gasteiger partial charge in [0.1, 0.15) is 6.10 Å². The third kappa shape index (κ3) is 6.03. The smallest absolute Gasteiger partial charge is 0.308 e. The highest BCUT2D eigenvalue weighted by Gasteiger charge is 2.35. The predicted octanol–water partition coefficient (Wildman–Crippen LogP) is 5.31. The van der Waals surface area contributed by atoms with E-state index in [4.69, 9.17) is 9.47 Å². The van der Waals surface area contributed by atoms with Crippen LogP contribution in [0.4, 0.5) is 0 Å². The molecule has 0 radical (unpaired) electrons. The summed E-state index contributed by atoms with van der Waals surface area (Å²) in [7, 11) is 0. The lowest BCUT2D eigenvalue weighted by Crippen LogP contribution is -2.39. The standard InChI is InChI=1S/C21H32O3/c1-15(2)19(21(6,7)14-24-20(22)16(3)4)23-13-17(5)18-11-9-8-10-12-18/h8-13,15-16,19H,14H2,1-7H3. The molecule has 0 aliphatic carbocycles. The van der Waals surface area contributed by atoms with Crippen molar-refractivity contribution in [2.24, 2.45) is 17.3 Å². The van der Waals surface area contributed by atoms with E-state index in [2.05, 4.69) is 39.8 Å². The third-order valence-corrected chi connectivity index (χ3v) is 4.05. The number of rotatable bonds is 8. The number of ether oxygens (including phenoxy) is 2. The molecule has 3 nitrogen and oxygen atoms in total. The van der Waals surface area contributed by atoms with E-state index in [9.17, 15) is 4.79 Å². The van der Waals surface area contributed by atoms with E-state index in [1.54, 1.807) is 0 Å². The first-order chi connectivity index (χ1) is 11.1. The molecule has 24 heavy (non-hydrogen) atoms. The van der Waals surface area contributed by atoms with Gasteiger partial charge in [-0.3, -0.25) is 4.79 Å². The normalized spacial score (nSPS) is 14.0. The Hall–Kier alpha value is -1.77. The molecule has 0 spiro atoms. The van der Waals surface area contributed by atoms with E-state index in [-0.39, 0.29) is 23.4 Å². The van der Waals surface area contributed by atoms with Crippen LogP contribution in [0.15, 0.2) is 36.6 Å². The second-order valence-corrected chi connectivity index (χ2v) is 7.72. The van der Waals surface area contributed by atoms with Gasteiger partial charge in [0, 0.05) is 5.41 Å². The van der Waals surface area contributed by atoms with Crippen molar-refractivity contribution in [3.05, 3.63) is 42.2 Å². The molecular weight excluding hydrogens is 300 g/mol. The fourth-order valence-electron chi connectivity index (χ4n) is 2.69. The van der Waals surface area contributed by atoms with Crippen molar-refractivity contribution in [1.82, 2.24) is 0 Å². The Morgan fingerprint density at radius 3 is 2.21 bits per heavy atom. The molecule has 1 rings (SSSR count). The summed E-state index contributed by atoms with van der Waals surface area (Å²) in [5.74, 6) is 0.0265. The van der Waals surface area contributed by atoms with Gasteiger partial charge >= 0.3 is 5.97 Å². The number of allylic oxidation sites excluding steroid dienone is 1. The van der Waals surface area contributed by atoms with Gasteiger partial charge in [-0.25, -0.2) is 0 Å². The van der Waals surface area contributed by atoms with E-state index in [0.717, 1.165) is 11.1 Å². The number of esters is 1. The van der Waals surface area contributed by atoms with Crippen molar-refractivity contribution >= 4 is 11.5 Å². The van der Waals surface area contributed by atoms with Gasteiger partial charge in [-0.2, -0.15) is 0 Å². The first kappa shape index (κ1) is 20.3.